The number of rotatable bonds is 3. The third-order valence-corrected chi connectivity index (χ3v) is 2.56. The minimum atomic E-state index is 0.649. The first-order valence-corrected chi connectivity index (χ1v) is 5.03. The van der Waals surface area contributed by atoms with Gasteiger partial charge >= 0.3 is 0 Å². The summed E-state index contributed by atoms with van der Waals surface area (Å²) in [4.78, 5) is 1.96. The van der Waals surface area contributed by atoms with E-state index < -0.39 is 0 Å². The molecule has 1 aromatic rings. The Kier molecular flexibility index (Phi) is 4.25. The third kappa shape index (κ3) is 3.79. The molecule has 0 bridgehead atoms. The minimum Gasteiger partial charge on any atom is -0.360 e. The highest BCUT2D eigenvalue weighted by Gasteiger charge is 1.98. The van der Waals surface area contributed by atoms with E-state index in [1.54, 1.807) is 0 Å². The standard InChI is InChI=1S/C10H13NS2/c1-11(10(12)13)8-7-9-5-3-2-4-6-9/h2-6H,7-8H2,1H3,(H,12,13). The summed E-state index contributed by atoms with van der Waals surface area (Å²) in [5.41, 5.74) is 1.33. The summed E-state index contributed by atoms with van der Waals surface area (Å²) in [7, 11) is 1.96. The predicted molar refractivity (Wildman–Crippen MR) is 64.4 cm³/mol. The van der Waals surface area contributed by atoms with Crippen molar-refractivity contribution in [3.05, 3.63) is 35.9 Å². The van der Waals surface area contributed by atoms with Crippen molar-refractivity contribution in [2.75, 3.05) is 13.6 Å². The molecule has 0 saturated heterocycles. The molecule has 0 aliphatic carbocycles. The van der Waals surface area contributed by atoms with Crippen LogP contribution in [0.5, 0.6) is 0 Å². The Morgan fingerprint density at radius 2 is 2.00 bits per heavy atom. The van der Waals surface area contributed by atoms with Crippen LogP contribution in [0.1, 0.15) is 5.56 Å². The van der Waals surface area contributed by atoms with Gasteiger partial charge in [-0.15, -0.1) is 12.6 Å². The second-order valence-electron chi connectivity index (χ2n) is 2.94. The lowest BCUT2D eigenvalue weighted by atomic mass is 10.1. The number of nitrogens with zero attached hydrogens (tertiary/aromatic N) is 1. The van der Waals surface area contributed by atoms with Gasteiger partial charge in [0.25, 0.3) is 0 Å². The van der Waals surface area contributed by atoms with Gasteiger partial charge in [0.05, 0.1) is 0 Å². The maximum Gasteiger partial charge on any atom is 0.133 e. The van der Waals surface area contributed by atoms with Crippen molar-refractivity contribution in [2.45, 2.75) is 6.42 Å². The summed E-state index contributed by atoms with van der Waals surface area (Å²) in [6.45, 7) is 0.923. The van der Waals surface area contributed by atoms with E-state index in [1.807, 2.05) is 30.1 Å². The van der Waals surface area contributed by atoms with Crippen molar-refractivity contribution in [3.63, 3.8) is 0 Å². The van der Waals surface area contributed by atoms with E-state index in [0.717, 1.165) is 13.0 Å². The molecule has 1 nitrogen and oxygen atoms in total. The van der Waals surface area contributed by atoms with Gasteiger partial charge in [0, 0.05) is 13.6 Å². The van der Waals surface area contributed by atoms with Crippen LogP contribution < -0.4 is 0 Å². The fraction of sp³-hybridized carbons (Fsp3) is 0.300. The van der Waals surface area contributed by atoms with E-state index >= 15 is 0 Å². The largest absolute Gasteiger partial charge is 0.360 e. The summed E-state index contributed by atoms with van der Waals surface area (Å²) in [6.07, 6.45) is 1.01. The number of hydrogen-bond donors (Lipinski definition) is 1. The van der Waals surface area contributed by atoms with E-state index in [-0.39, 0.29) is 0 Å². The van der Waals surface area contributed by atoms with Gasteiger partial charge in [-0.05, 0) is 12.0 Å². The molecule has 1 rings (SSSR count). The van der Waals surface area contributed by atoms with Gasteiger partial charge in [0.2, 0.25) is 0 Å². The van der Waals surface area contributed by atoms with Crippen molar-refractivity contribution >= 4 is 29.2 Å². The van der Waals surface area contributed by atoms with Gasteiger partial charge in [-0.2, -0.15) is 0 Å². The molecule has 0 aromatic heterocycles. The van der Waals surface area contributed by atoms with Crippen LogP contribution in [0, 0.1) is 0 Å². The number of thiocarbonyl (C=S) groups is 1. The quantitative estimate of drug-likeness (QED) is 0.604. The van der Waals surface area contributed by atoms with E-state index in [4.69, 9.17) is 12.2 Å². The second kappa shape index (κ2) is 5.25. The third-order valence-electron chi connectivity index (χ3n) is 1.91. The molecule has 0 N–H and O–H groups in total. The second-order valence-corrected chi connectivity index (χ2v) is 4.05. The average Bonchev–Trinajstić information content (AvgIpc) is 2.15. The predicted octanol–water partition coefficient (Wildman–Crippen LogP) is 2.38. The lowest BCUT2D eigenvalue weighted by Gasteiger charge is -2.15. The molecule has 13 heavy (non-hydrogen) atoms. The molecule has 0 heterocycles. The molecular formula is C10H13NS2. The van der Waals surface area contributed by atoms with Crippen molar-refractivity contribution in [1.29, 1.82) is 0 Å². The minimum absolute atomic E-state index is 0.649. The molecular weight excluding hydrogens is 198 g/mol. The molecule has 1 aromatic carbocycles. The van der Waals surface area contributed by atoms with Crippen molar-refractivity contribution in [2.24, 2.45) is 0 Å². The Bertz CT molecular complexity index is 272. The van der Waals surface area contributed by atoms with Crippen molar-refractivity contribution in [1.82, 2.24) is 4.90 Å². The molecule has 0 aliphatic heterocycles. The summed E-state index contributed by atoms with van der Waals surface area (Å²) in [6, 6.07) is 10.4. The Hall–Kier alpha value is -0.540. The number of likely N-dealkylation sites (N-methyl/N-ethyl adjacent to an activating group) is 1. The Morgan fingerprint density at radius 3 is 2.54 bits per heavy atom. The van der Waals surface area contributed by atoms with Crippen molar-refractivity contribution in [3.8, 4) is 0 Å². The Morgan fingerprint density at radius 1 is 1.38 bits per heavy atom. The molecule has 0 unspecified atom stereocenters. The lowest BCUT2D eigenvalue weighted by Crippen LogP contribution is -2.23. The monoisotopic (exact) mass is 211 g/mol. The SMILES string of the molecule is CN(CCc1ccccc1)C(=S)S. The van der Waals surface area contributed by atoms with Crippen LogP contribution in [-0.4, -0.2) is 22.8 Å². The van der Waals surface area contributed by atoms with Crippen LogP contribution in [-0.2, 0) is 6.42 Å². The molecule has 0 amide bonds. The highest BCUT2D eigenvalue weighted by atomic mass is 32.1. The van der Waals surface area contributed by atoms with E-state index in [2.05, 4.69) is 24.8 Å². The fourth-order valence-corrected chi connectivity index (χ4v) is 1.23. The highest BCUT2D eigenvalue weighted by molar-refractivity contribution is 8.10. The topological polar surface area (TPSA) is 3.24 Å². The van der Waals surface area contributed by atoms with Crippen LogP contribution in [0.2, 0.25) is 0 Å². The zero-order chi connectivity index (χ0) is 9.68. The van der Waals surface area contributed by atoms with Gasteiger partial charge in [-0.25, -0.2) is 0 Å². The summed E-state index contributed by atoms with van der Waals surface area (Å²) in [5, 5.41) is 0. The van der Waals surface area contributed by atoms with Crippen LogP contribution >= 0.6 is 24.8 Å². The molecule has 70 valence electrons. The van der Waals surface area contributed by atoms with Crippen LogP contribution in [0.4, 0.5) is 0 Å². The van der Waals surface area contributed by atoms with Crippen molar-refractivity contribution < 1.29 is 0 Å². The summed E-state index contributed by atoms with van der Waals surface area (Å²) in [5.74, 6) is 0. The van der Waals surface area contributed by atoms with Crippen LogP contribution in [0.25, 0.3) is 0 Å². The zero-order valence-electron chi connectivity index (χ0n) is 7.60. The van der Waals surface area contributed by atoms with Gasteiger partial charge in [-0.3, -0.25) is 0 Å². The number of hydrogen-bond acceptors (Lipinski definition) is 1. The normalized spacial score (nSPS) is 9.69. The molecule has 0 aliphatic rings. The molecule has 0 atom stereocenters. The van der Waals surface area contributed by atoms with E-state index in [0.29, 0.717) is 4.32 Å². The molecule has 3 heteroatoms. The van der Waals surface area contributed by atoms with Crippen LogP contribution in [0.15, 0.2) is 30.3 Å². The lowest BCUT2D eigenvalue weighted by molar-refractivity contribution is 0.526. The first-order chi connectivity index (χ1) is 6.20. The van der Waals surface area contributed by atoms with Gasteiger partial charge in [0.15, 0.2) is 0 Å². The maximum absolute atomic E-state index is 4.92. The first-order valence-electron chi connectivity index (χ1n) is 4.18. The summed E-state index contributed by atoms with van der Waals surface area (Å²) < 4.78 is 0.649. The highest BCUT2D eigenvalue weighted by Crippen LogP contribution is 2.01. The van der Waals surface area contributed by atoms with Gasteiger partial charge in [0.1, 0.15) is 4.32 Å². The number of thiol groups is 1. The van der Waals surface area contributed by atoms with Gasteiger partial charge < -0.3 is 4.90 Å². The first kappa shape index (κ1) is 10.5. The van der Waals surface area contributed by atoms with Crippen LogP contribution in [0.3, 0.4) is 0 Å². The molecule has 0 radical (unpaired) electrons. The fourth-order valence-electron chi connectivity index (χ4n) is 1.04. The van der Waals surface area contributed by atoms with Gasteiger partial charge in [-0.1, -0.05) is 42.5 Å². The zero-order valence-corrected chi connectivity index (χ0v) is 9.31. The van der Waals surface area contributed by atoms with E-state index in [1.165, 1.54) is 5.56 Å². The maximum atomic E-state index is 4.92. The number of benzene rings is 1. The van der Waals surface area contributed by atoms with E-state index in [9.17, 15) is 0 Å². The Balaban J connectivity index is 2.39. The molecule has 0 spiro atoms. The molecule has 0 fully saturated rings. The molecule has 0 saturated carbocycles. The average molecular weight is 211 g/mol. The summed E-state index contributed by atoms with van der Waals surface area (Å²) >= 11 is 9.02. The Labute approximate surface area is 90.2 Å². The smallest absolute Gasteiger partial charge is 0.133 e.